The second kappa shape index (κ2) is 8.45. The Hall–Kier alpha value is -3.20. The number of carbonyl (C=O) groups is 1. The van der Waals surface area contributed by atoms with E-state index in [-0.39, 0.29) is 24.6 Å². The Balaban J connectivity index is 1.63. The van der Waals surface area contributed by atoms with E-state index in [1.54, 1.807) is 6.07 Å². The first-order chi connectivity index (χ1) is 13.1. The lowest BCUT2D eigenvalue weighted by atomic mass is 10.1. The molecule has 2 amide bonds. The van der Waals surface area contributed by atoms with E-state index >= 15 is 0 Å². The largest absolute Gasteiger partial charge is 0.473 e. The molecular formula is C18H20FN5O3. The van der Waals surface area contributed by atoms with Crippen molar-refractivity contribution < 1.29 is 19.0 Å². The maximum atomic E-state index is 12.3. The van der Waals surface area contributed by atoms with Crippen molar-refractivity contribution in [2.24, 2.45) is 0 Å². The molecule has 2 unspecified atom stereocenters. The van der Waals surface area contributed by atoms with Crippen molar-refractivity contribution in [1.82, 2.24) is 20.5 Å². The molecule has 2 atom stereocenters. The van der Waals surface area contributed by atoms with Crippen molar-refractivity contribution >= 4 is 22.8 Å². The van der Waals surface area contributed by atoms with Gasteiger partial charge in [0.15, 0.2) is 0 Å². The van der Waals surface area contributed by atoms with Crippen molar-refractivity contribution in [3.05, 3.63) is 48.2 Å². The molecule has 0 aliphatic heterocycles. The minimum absolute atomic E-state index is 0.163. The van der Waals surface area contributed by atoms with E-state index in [4.69, 9.17) is 4.74 Å². The van der Waals surface area contributed by atoms with Crippen LogP contribution in [0, 0.1) is 0 Å². The van der Waals surface area contributed by atoms with E-state index in [1.807, 2.05) is 37.3 Å². The molecule has 4 N–H and O–H groups in total. The number of aliphatic hydroxyl groups is 1. The molecule has 0 aliphatic carbocycles. The van der Waals surface area contributed by atoms with Crippen molar-refractivity contribution in [3.63, 3.8) is 0 Å². The fourth-order valence-corrected chi connectivity index (χ4v) is 2.46. The van der Waals surface area contributed by atoms with Crippen LogP contribution in [0.1, 0.15) is 18.5 Å². The summed E-state index contributed by atoms with van der Waals surface area (Å²) < 4.78 is 17.5. The number of alkyl halides is 1. The topological polar surface area (TPSA) is 112 Å². The lowest BCUT2D eigenvalue weighted by molar-refractivity contribution is 0.0827. The summed E-state index contributed by atoms with van der Waals surface area (Å²) in [6.45, 7) is 0.775. The molecule has 1 aromatic carbocycles. The van der Waals surface area contributed by atoms with Gasteiger partial charge < -0.3 is 15.2 Å². The lowest BCUT2D eigenvalue weighted by Gasteiger charge is -2.14. The van der Waals surface area contributed by atoms with Crippen molar-refractivity contribution in [2.75, 3.05) is 18.6 Å². The second-order valence-corrected chi connectivity index (χ2v) is 5.99. The van der Waals surface area contributed by atoms with Crippen LogP contribution in [-0.4, -0.2) is 45.7 Å². The number of aliphatic hydroxyl groups excluding tert-OH is 1. The third-order valence-corrected chi connectivity index (χ3v) is 3.89. The molecular weight excluding hydrogens is 353 g/mol. The van der Waals surface area contributed by atoms with E-state index in [0.29, 0.717) is 16.7 Å². The second-order valence-electron chi connectivity index (χ2n) is 5.99. The highest BCUT2D eigenvalue weighted by Gasteiger charge is 2.13. The Morgan fingerprint density at radius 2 is 2.15 bits per heavy atom. The van der Waals surface area contributed by atoms with Gasteiger partial charge in [-0.3, -0.25) is 10.4 Å². The number of fused-ring (bicyclic) bond motifs is 1. The number of ether oxygens (including phenoxy) is 1. The number of aromatic nitrogens is 3. The van der Waals surface area contributed by atoms with Crippen molar-refractivity contribution in [3.8, 4) is 5.88 Å². The summed E-state index contributed by atoms with van der Waals surface area (Å²) in [6, 6.07) is 10.6. The molecule has 0 fully saturated rings. The molecule has 9 heteroatoms. The van der Waals surface area contributed by atoms with Gasteiger partial charge in [0.1, 0.15) is 25.2 Å². The number of nitrogens with zero attached hydrogens (tertiary/aromatic N) is 2. The van der Waals surface area contributed by atoms with Crippen LogP contribution >= 0.6 is 0 Å². The number of urea groups is 1. The van der Waals surface area contributed by atoms with Gasteiger partial charge in [0.25, 0.3) is 0 Å². The number of H-pyrrole nitrogens is 1. The molecule has 142 valence electrons. The zero-order valence-electron chi connectivity index (χ0n) is 14.6. The molecule has 27 heavy (non-hydrogen) atoms. The highest BCUT2D eigenvalue weighted by molar-refractivity contribution is 5.92. The minimum Gasteiger partial charge on any atom is -0.473 e. The van der Waals surface area contributed by atoms with Crippen LogP contribution in [-0.2, 0) is 0 Å². The van der Waals surface area contributed by atoms with Crippen LogP contribution in [0.5, 0.6) is 5.88 Å². The fraction of sp³-hybridized carbons (Fsp3) is 0.278. The molecule has 0 radical (unpaired) electrons. The maximum Gasteiger partial charge on any atom is 0.320 e. The van der Waals surface area contributed by atoms with E-state index in [9.17, 15) is 14.3 Å². The van der Waals surface area contributed by atoms with Crippen LogP contribution in [0.2, 0.25) is 0 Å². The molecule has 0 bridgehead atoms. The first-order valence-electron chi connectivity index (χ1n) is 8.40. The number of anilines is 1. The summed E-state index contributed by atoms with van der Waals surface area (Å²) in [5.41, 5.74) is 1.57. The number of amides is 2. The Bertz CT molecular complexity index is 902. The number of hydrogen-bond donors (Lipinski definition) is 4. The third kappa shape index (κ3) is 4.70. The summed E-state index contributed by atoms with van der Waals surface area (Å²) in [5, 5.41) is 22.0. The predicted molar refractivity (Wildman–Crippen MR) is 98.4 cm³/mol. The van der Waals surface area contributed by atoms with Gasteiger partial charge in [0, 0.05) is 12.3 Å². The number of pyridine rings is 1. The van der Waals surface area contributed by atoms with Crippen LogP contribution in [0.25, 0.3) is 10.9 Å². The molecule has 0 aliphatic rings. The highest BCUT2D eigenvalue weighted by Crippen LogP contribution is 2.23. The highest BCUT2D eigenvalue weighted by atomic mass is 19.1. The number of aromatic amines is 1. The fourth-order valence-electron chi connectivity index (χ4n) is 2.46. The average Bonchev–Trinajstić information content (AvgIpc) is 3.08. The van der Waals surface area contributed by atoms with Gasteiger partial charge in [-0.1, -0.05) is 30.3 Å². The first kappa shape index (κ1) is 18.6. The number of hydrogen-bond acceptors (Lipinski definition) is 5. The van der Waals surface area contributed by atoms with Crippen LogP contribution in [0.3, 0.4) is 0 Å². The van der Waals surface area contributed by atoms with E-state index in [0.717, 1.165) is 5.56 Å². The summed E-state index contributed by atoms with van der Waals surface area (Å²) in [5.74, 6) is 0.540. The van der Waals surface area contributed by atoms with Gasteiger partial charge in [-0.2, -0.15) is 0 Å². The van der Waals surface area contributed by atoms with Gasteiger partial charge in [0.2, 0.25) is 5.88 Å². The maximum absolute atomic E-state index is 12.3. The molecule has 2 heterocycles. The van der Waals surface area contributed by atoms with Gasteiger partial charge in [-0.25, -0.2) is 14.2 Å². The quantitative estimate of drug-likeness (QED) is 0.508. The number of rotatable bonds is 7. The molecule has 3 rings (SSSR count). The first-order valence-corrected chi connectivity index (χ1v) is 8.40. The SMILES string of the molecule is CC(NC(=O)Nc1cc2[nH]nc(OCC(O)CF)c2cn1)c1ccccc1. The zero-order chi connectivity index (χ0) is 19.2. The summed E-state index contributed by atoms with van der Waals surface area (Å²) >= 11 is 0. The minimum atomic E-state index is -1.21. The Kier molecular flexibility index (Phi) is 5.82. The molecule has 3 aromatic rings. The summed E-state index contributed by atoms with van der Waals surface area (Å²) in [7, 11) is 0. The molecule has 2 aromatic heterocycles. The Morgan fingerprint density at radius 3 is 2.89 bits per heavy atom. The van der Waals surface area contributed by atoms with Gasteiger partial charge in [-0.15, -0.1) is 5.10 Å². The molecule has 8 nitrogen and oxygen atoms in total. The van der Waals surface area contributed by atoms with Crippen LogP contribution in [0.4, 0.5) is 15.0 Å². The van der Waals surface area contributed by atoms with Gasteiger partial charge >= 0.3 is 6.03 Å². The van der Waals surface area contributed by atoms with Crippen LogP contribution < -0.4 is 15.4 Å². The van der Waals surface area contributed by atoms with Gasteiger partial charge in [-0.05, 0) is 12.5 Å². The molecule has 0 saturated heterocycles. The van der Waals surface area contributed by atoms with Crippen molar-refractivity contribution in [2.45, 2.75) is 19.1 Å². The monoisotopic (exact) mass is 373 g/mol. The Morgan fingerprint density at radius 1 is 1.37 bits per heavy atom. The summed E-state index contributed by atoms with van der Waals surface area (Å²) in [4.78, 5) is 16.3. The number of halogens is 1. The number of benzene rings is 1. The average molecular weight is 373 g/mol. The third-order valence-electron chi connectivity index (χ3n) is 3.89. The number of nitrogens with one attached hydrogen (secondary N) is 3. The van der Waals surface area contributed by atoms with Crippen LogP contribution in [0.15, 0.2) is 42.6 Å². The number of carbonyl (C=O) groups excluding carboxylic acids is 1. The molecule has 0 saturated carbocycles. The smallest absolute Gasteiger partial charge is 0.320 e. The van der Waals surface area contributed by atoms with E-state index in [2.05, 4.69) is 25.8 Å². The van der Waals surface area contributed by atoms with E-state index < -0.39 is 12.8 Å². The normalized spacial score (nSPS) is 13.1. The molecule has 0 spiro atoms. The predicted octanol–water partition coefficient (Wildman–Crippen LogP) is 2.55. The van der Waals surface area contributed by atoms with Crippen molar-refractivity contribution in [1.29, 1.82) is 0 Å². The Labute approximate surface area is 154 Å². The van der Waals surface area contributed by atoms with E-state index in [1.165, 1.54) is 6.20 Å². The van der Waals surface area contributed by atoms with Gasteiger partial charge in [0.05, 0.1) is 16.9 Å². The zero-order valence-corrected chi connectivity index (χ0v) is 14.6. The summed E-state index contributed by atoms with van der Waals surface area (Å²) in [6.07, 6.45) is 0.271. The lowest BCUT2D eigenvalue weighted by Crippen LogP contribution is -2.31. The standard InChI is InChI=1S/C18H20FN5O3/c1-11(12-5-3-2-4-6-12)21-18(26)22-16-7-15-14(9-20-16)17(24-23-15)27-10-13(25)8-19/h2-7,9,11,13,25H,8,10H2,1H3,(H,23,24)(H2,20,21,22,26).